The molecule has 1 aliphatic heterocycles. The van der Waals surface area contributed by atoms with E-state index in [4.69, 9.17) is 9.90 Å². The second-order valence-electron chi connectivity index (χ2n) is 5.92. The molecule has 25 heavy (non-hydrogen) atoms. The predicted molar refractivity (Wildman–Crippen MR) is 90.0 cm³/mol. The molecule has 2 rings (SSSR count). The zero-order chi connectivity index (χ0) is 19.2. The maximum Gasteiger partial charge on any atom is 0.490 e. The van der Waals surface area contributed by atoms with Crippen LogP contribution >= 0.6 is 11.3 Å². The predicted octanol–water partition coefficient (Wildman–Crippen LogP) is 3.11. The van der Waals surface area contributed by atoms with Crippen molar-refractivity contribution in [1.29, 1.82) is 0 Å². The van der Waals surface area contributed by atoms with Gasteiger partial charge >= 0.3 is 12.1 Å². The number of nitrogens with zero attached hydrogens (tertiary/aromatic N) is 2. The summed E-state index contributed by atoms with van der Waals surface area (Å²) in [6.07, 6.45) is -1.62. The van der Waals surface area contributed by atoms with Crippen LogP contribution in [0.4, 0.5) is 13.2 Å². The lowest BCUT2D eigenvalue weighted by atomic mass is 10.2. The van der Waals surface area contributed by atoms with Crippen molar-refractivity contribution >= 4 is 23.2 Å². The van der Waals surface area contributed by atoms with Gasteiger partial charge in [-0.1, -0.05) is 6.92 Å². The number of carboxylic acids is 1. The number of carbonyl (C=O) groups excluding carboxylic acids is 1. The number of carboxylic acid groups (broad SMARTS) is 1. The number of hydrogen-bond donors (Lipinski definition) is 1. The van der Waals surface area contributed by atoms with Crippen molar-refractivity contribution in [1.82, 2.24) is 9.80 Å². The van der Waals surface area contributed by atoms with Crippen LogP contribution < -0.4 is 0 Å². The number of rotatable bonds is 4. The summed E-state index contributed by atoms with van der Waals surface area (Å²) >= 11 is 1.68. The topological polar surface area (TPSA) is 60.9 Å². The summed E-state index contributed by atoms with van der Waals surface area (Å²) in [7, 11) is 4.06. The van der Waals surface area contributed by atoms with Gasteiger partial charge < -0.3 is 14.9 Å². The van der Waals surface area contributed by atoms with Crippen LogP contribution in [0.3, 0.4) is 0 Å². The van der Waals surface area contributed by atoms with E-state index in [9.17, 15) is 18.0 Å². The molecule has 1 atom stereocenters. The molecule has 0 aromatic carbocycles. The molecule has 1 saturated heterocycles. The molecule has 1 amide bonds. The van der Waals surface area contributed by atoms with Gasteiger partial charge in [-0.25, -0.2) is 4.79 Å². The van der Waals surface area contributed by atoms with Crippen LogP contribution in [0.1, 0.15) is 35.0 Å². The standard InChI is InChI=1S/C14H22N2OS.C2HF3O2/c1-4-13-8-11(10-18-13)14(17)16(3)9-12-6-5-7-15(12)2;3-2(4,5)1(6)7/h8,10,12H,4-7,9H2,1-3H3;(H,6,7). The van der Waals surface area contributed by atoms with E-state index in [1.165, 1.54) is 17.7 Å². The van der Waals surface area contributed by atoms with Crippen molar-refractivity contribution in [2.75, 3.05) is 27.2 Å². The maximum absolute atomic E-state index is 12.3. The molecule has 1 aliphatic rings. The summed E-state index contributed by atoms with van der Waals surface area (Å²) < 4.78 is 31.7. The van der Waals surface area contributed by atoms with E-state index in [0.717, 1.165) is 25.1 Å². The molecule has 0 spiro atoms. The van der Waals surface area contributed by atoms with Crippen LogP contribution in [0.5, 0.6) is 0 Å². The third-order valence-corrected chi connectivity index (χ3v) is 5.08. The number of halogens is 3. The highest BCUT2D eigenvalue weighted by Crippen LogP contribution is 2.19. The normalized spacial score (nSPS) is 17.8. The number of carbonyl (C=O) groups is 2. The molecular weight excluding hydrogens is 357 g/mol. The molecule has 2 heterocycles. The zero-order valence-electron chi connectivity index (χ0n) is 14.5. The molecule has 1 aromatic rings. The van der Waals surface area contributed by atoms with Crippen LogP contribution in [0, 0.1) is 0 Å². The van der Waals surface area contributed by atoms with Gasteiger partial charge in [0.25, 0.3) is 5.91 Å². The Kier molecular flexibility index (Phi) is 7.88. The van der Waals surface area contributed by atoms with E-state index in [2.05, 4.69) is 18.9 Å². The molecule has 0 aliphatic carbocycles. The Hall–Kier alpha value is -1.61. The van der Waals surface area contributed by atoms with Gasteiger partial charge in [-0.05, 0) is 38.9 Å². The van der Waals surface area contributed by atoms with Crippen molar-refractivity contribution in [3.05, 3.63) is 21.9 Å². The highest BCUT2D eigenvalue weighted by molar-refractivity contribution is 7.10. The second kappa shape index (κ2) is 9.19. The van der Waals surface area contributed by atoms with Gasteiger partial charge in [-0.15, -0.1) is 11.3 Å². The van der Waals surface area contributed by atoms with Gasteiger partial charge in [0.15, 0.2) is 0 Å². The lowest BCUT2D eigenvalue weighted by Crippen LogP contribution is -2.39. The van der Waals surface area contributed by atoms with Crippen LogP contribution in [-0.4, -0.2) is 66.2 Å². The van der Waals surface area contributed by atoms with Gasteiger partial charge in [0.1, 0.15) is 0 Å². The molecule has 1 fully saturated rings. The fraction of sp³-hybridized carbons (Fsp3) is 0.625. The summed E-state index contributed by atoms with van der Waals surface area (Å²) in [6, 6.07) is 2.56. The first-order valence-electron chi connectivity index (χ1n) is 7.89. The van der Waals surface area contributed by atoms with Crippen LogP contribution in [0.2, 0.25) is 0 Å². The third kappa shape index (κ3) is 6.66. The smallest absolute Gasteiger partial charge is 0.475 e. The highest BCUT2D eigenvalue weighted by Gasteiger charge is 2.38. The van der Waals surface area contributed by atoms with Crippen LogP contribution in [0.15, 0.2) is 11.4 Å². The van der Waals surface area contributed by atoms with Gasteiger partial charge in [0, 0.05) is 29.9 Å². The highest BCUT2D eigenvalue weighted by atomic mass is 32.1. The molecule has 0 radical (unpaired) electrons. The molecule has 1 unspecified atom stereocenters. The summed E-state index contributed by atoms with van der Waals surface area (Å²) in [5, 5.41) is 9.11. The SMILES string of the molecule is CCc1cc(C(=O)N(C)CC2CCCN2C)cs1.O=C(O)C(F)(F)F. The van der Waals surface area contributed by atoms with Crippen LogP contribution in [-0.2, 0) is 11.2 Å². The van der Waals surface area contributed by atoms with Crippen molar-refractivity contribution in [3.63, 3.8) is 0 Å². The van der Waals surface area contributed by atoms with E-state index < -0.39 is 12.1 Å². The molecule has 1 aromatic heterocycles. The van der Waals surface area contributed by atoms with Gasteiger partial charge in [0.2, 0.25) is 0 Å². The fourth-order valence-electron chi connectivity index (χ4n) is 2.51. The lowest BCUT2D eigenvalue weighted by Gasteiger charge is -2.25. The van der Waals surface area contributed by atoms with E-state index in [1.807, 2.05) is 23.4 Å². The third-order valence-electron chi connectivity index (χ3n) is 3.99. The first kappa shape index (κ1) is 21.4. The van der Waals surface area contributed by atoms with Crippen LogP contribution in [0.25, 0.3) is 0 Å². The minimum atomic E-state index is -5.08. The Morgan fingerprint density at radius 2 is 2.04 bits per heavy atom. The summed E-state index contributed by atoms with van der Waals surface area (Å²) in [5.41, 5.74) is 0.847. The lowest BCUT2D eigenvalue weighted by molar-refractivity contribution is -0.192. The van der Waals surface area contributed by atoms with Crippen molar-refractivity contribution < 1.29 is 27.9 Å². The van der Waals surface area contributed by atoms with E-state index in [0.29, 0.717) is 6.04 Å². The molecule has 1 N–H and O–H groups in total. The first-order valence-corrected chi connectivity index (χ1v) is 8.77. The Morgan fingerprint density at radius 3 is 2.44 bits per heavy atom. The Bertz CT molecular complexity index is 589. The Balaban J connectivity index is 0.000000381. The quantitative estimate of drug-likeness (QED) is 0.872. The van der Waals surface area contributed by atoms with E-state index in [-0.39, 0.29) is 5.91 Å². The number of thiophene rings is 1. The van der Waals surface area contributed by atoms with Crippen molar-refractivity contribution in [2.45, 2.75) is 38.4 Å². The average molecular weight is 380 g/mol. The minimum Gasteiger partial charge on any atom is -0.475 e. The fourth-order valence-corrected chi connectivity index (χ4v) is 3.32. The molecule has 0 bridgehead atoms. The minimum absolute atomic E-state index is 0.159. The van der Waals surface area contributed by atoms with Crippen molar-refractivity contribution in [3.8, 4) is 0 Å². The molecular formula is C16H23F3N2O3S. The molecule has 5 nitrogen and oxygen atoms in total. The number of alkyl halides is 3. The molecule has 0 saturated carbocycles. The maximum atomic E-state index is 12.3. The summed E-state index contributed by atoms with van der Waals surface area (Å²) in [4.78, 5) is 26.7. The second-order valence-corrected chi connectivity index (χ2v) is 6.92. The summed E-state index contributed by atoms with van der Waals surface area (Å²) in [6.45, 7) is 4.12. The number of likely N-dealkylation sites (N-methyl/N-ethyl adjacent to an activating group) is 2. The Labute approximate surface area is 149 Å². The number of likely N-dealkylation sites (tertiary alicyclic amines) is 1. The number of aliphatic carboxylic acids is 1. The number of amides is 1. The van der Waals surface area contributed by atoms with E-state index in [1.54, 1.807) is 11.3 Å². The number of aryl methyl sites for hydroxylation is 1. The van der Waals surface area contributed by atoms with Gasteiger partial charge in [-0.2, -0.15) is 13.2 Å². The zero-order valence-corrected chi connectivity index (χ0v) is 15.3. The van der Waals surface area contributed by atoms with Crippen molar-refractivity contribution in [2.24, 2.45) is 0 Å². The monoisotopic (exact) mass is 380 g/mol. The molecule has 142 valence electrons. The Morgan fingerprint density at radius 1 is 1.44 bits per heavy atom. The molecule has 9 heteroatoms. The average Bonchev–Trinajstić information content (AvgIpc) is 3.15. The largest absolute Gasteiger partial charge is 0.490 e. The van der Waals surface area contributed by atoms with Gasteiger partial charge in [-0.3, -0.25) is 4.79 Å². The van der Waals surface area contributed by atoms with Gasteiger partial charge in [0.05, 0.1) is 5.56 Å². The first-order chi connectivity index (χ1) is 11.6. The van der Waals surface area contributed by atoms with E-state index >= 15 is 0 Å². The summed E-state index contributed by atoms with van der Waals surface area (Å²) in [5.74, 6) is -2.60. The number of hydrogen-bond acceptors (Lipinski definition) is 4.